The summed E-state index contributed by atoms with van der Waals surface area (Å²) in [6, 6.07) is 5.30. The Morgan fingerprint density at radius 1 is 1.29 bits per heavy atom. The van der Waals surface area contributed by atoms with E-state index in [4.69, 9.17) is 5.73 Å². The molecule has 0 saturated carbocycles. The normalized spacial score (nSPS) is 13.8. The average Bonchev–Trinajstić information content (AvgIpc) is 2.14. The van der Waals surface area contributed by atoms with Crippen LogP contribution in [0.1, 0.15) is 43.4 Å². The van der Waals surface area contributed by atoms with Crippen molar-refractivity contribution in [2.75, 3.05) is 0 Å². The Morgan fingerprint density at radius 3 is 2.47 bits per heavy atom. The molecular weight excluding hydrogens is 220 g/mol. The highest BCUT2D eigenvalue weighted by Gasteiger charge is 2.24. The van der Waals surface area contributed by atoms with Crippen LogP contribution < -0.4 is 5.73 Å². The highest BCUT2D eigenvalue weighted by Crippen LogP contribution is 2.28. The lowest BCUT2D eigenvalue weighted by atomic mass is 9.98. The second-order valence-corrected chi connectivity index (χ2v) is 4.97. The molecule has 0 fully saturated rings. The van der Waals surface area contributed by atoms with E-state index < -0.39 is 5.92 Å². The van der Waals surface area contributed by atoms with Gasteiger partial charge in [-0.25, -0.2) is 8.78 Å². The van der Waals surface area contributed by atoms with Crippen LogP contribution in [0.2, 0.25) is 0 Å². The van der Waals surface area contributed by atoms with E-state index in [0.29, 0.717) is 0 Å². The molecule has 0 aromatic heterocycles. The number of nitrogens with two attached hydrogens (primary N) is 1. The van der Waals surface area contributed by atoms with E-state index in [1.165, 1.54) is 0 Å². The summed E-state index contributed by atoms with van der Waals surface area (Å²) in [7, 11) is 0. The van der Waals surface area contributed by atoms with Crippen LogP contribution in [0.15, 0.2) is 18.2 Å². The third-order valence-corrected chi connectivity index (χ3v) is 2.77. The third-order valence-electron chi connectivity index (χ3n) is 2.77. The Kier molecular flexibility index (Phi) is 4.63. The molecule has 0 aliphatic rings. The van der Waals surface area contributed by atoms with Gasteiger partial charge in [-0.2, -0.15) is 0 Å². The molecule has 17 heavy (non-hydrogen) atoms. The van der Waals surface area contributed by atoms with Gasteiger partial charge in [-0.15, -0.1) is 0 Å². The van der Waals surface area contributed by atoms with Crippen molar-refractivity contribution < 1.29 is 8.78 Å². The maximum atomic E-state index is 13.2. The van der Waals surface area contributed by atoms with E-state index in [1.807, 2.05) is 19.9 Å². The first kappa shape index (κ1) is 14.1. The molecule has 1 aromatic carbocycles. The van der Waals surface area contributed by atoms with Crippen LogP contribution in [-0.4, -0.2) is 6.04 Å². The molecule has 0 unspecified atom stereocenters. The van der Waals surface area contributed by atoms with Crippen molar-refractivity contribution in [2.24, 2.45) is 5.73 Å². The molecule has 0 spiro atoms. The summed E-state index contributed by atoms with van der Waals surface area (Å²) >= 11 is 0. The van der Waals surface area contributed by atoms with Gasteiger partial charge < -0.3 is 5.73 Å². The minimum absolute atomic E-state index is 0.105. The van der Waals surface area contributed by atoms with Gasteiger partial charge >= 0.3 is 0 Å². The lowest BCUT2D eigenvalue weighted by Gasteiger charge is -2.14. The van der Waals surface area contributed by atoms with Crippen molar-refractivity contribution in [3.8, 4) is 0 Å². The molecule has 0 heterocycles. The van der Waals surface area contributed by atoms with E-state index in [-0.39, 0.29) is 11.6 Å². The molecule has 0 saturated heterocycles. The highest BCUT2D eigenvalue weighted by molar-refractivity contribution is 5.31. The maximum Gasteiger partial charge on any atom is 0.270 e. The zero-order valence-corrected chi connectivity index (χ0v) is 10.8. The fourth-order valence-electron chi connectivity index (χ4n) is 1.89. The largest absolute Gasteiger partial charge is 0.328 e. The second kappa shape index (κ2) is 5.58. The Labute approximate surface area is 102 Å². The smallest absolute Gasteiger partial charge is 0.270 e. The van der Waals surface area contributed by atoms with Crippen LogP contribution in [0.5, 0.6) is 0 Å². The van der Waals surface area contributed by atoms with Crippen LogP contribution in [0.25, 0.3) is 0 Å². The summed E-state index contributed by atoms with van der Waals surface area (Å²) in [5.74, 6) is -2.76. The van der Waals surface area contributed by atoms with Crippen LogP contribution in [0.3, 0.4) is 0 Å². The molecule has 96 valence electrons. The summed E-state index contributed by atoms with van der Waals surface area (Å²) in [5.41, 5.74) is 7.63. The molecule has 2 N–H and O–H groups in total. The van der Waals surface area contributed by atoms with Gasteiger partial charge in [0.15, 0.2) is 0 Å². The van der Waals surface area contributed by atoms with Gasteiger partial charge in [-0.1, -0.05) is 17.7 Å². The summed E-state index contributed by atoms with van der Waals surface area (Å²) < 4.78 is 26.5. The minimum Gasteiger partial charge on any atom is -0.328 e. The Hall–Kier alpha value is -0.960. The SMILES string of the molecule is Cc1cc(CCC[C@H](C)N)cc(C(C)(F)F)c1. The Bertz CT molecular complexity index is 367. The number of alkyl halides is 2. The van der Waals surface area contributed by atoms with Crippen LogP contribution in [-0.2, 0) is 12.3 Å². The third kappa shape index (κ3) is 4.82. The fraction of sp³-hybridized carbons (Fsp3) is 0.571. The molecule has 0 amide bonds. The average molecular weight is 241 g/mol. The number of benzene rings is 1. The molecule has 0 radical (unpaired) electrons. The van der Waals surface area contributed by atoms with Gasteiger partial charge in [0.25, 0.3) is 5.92 Å². The van der Waals surface area contributed by atoms with Crippen molar-refractivity contribution in [3.05, 3.63) is 34.9 Å². The molecule has 1 rings (SSSR count). The van der Waals surface area contributed by atoms with Gasteiger partial charge in [-0.3, -0.25) is 0 Å². The zero-order valence-electron chi connectivity index (χ0n) is 10.8. The first-order valence-electron chi connectivity index (χ1n) is 6.03. The Morgan fingerprint density at radius 2 is 1.94 bits per heavy atom. The summed E-state index contributed by atoms with van der Waals surface area (Å²) in [6.07, 6.45) is 2.67. The van der Waals surface area contributed by atoms with Gasteiger partial charge in [0, 0.05) is 18.5 Å². The zero-order chi connectivity index (χ0) is 13.1. The molecule has 0 aliphatic carbocycles. The standard InChI is InChI=1S/C14H21F2N/c1-10-7-12(6-4-5-11(2)17)9-13(8-10)14(3,15)16/h7-9,11H,4-6,17H2,1-3H3/t11-/m0/s1. The number of rotatable bonds is 5. The van der Waals surface area contributed by atoms with Gasteiger partial charge in [-0.05, 0) is 44.7 Å². The molecule has 0 aliphatic heterocycles. The summed E-state index contributed by atoms with van der Waals surface area (Å²) in [5, 5.41) is 0. The quantitative estimate of drug-likeness (QED) is 0.834. The first-order valence-corrected chi connectivity index (χ1v) is 6.03. The van der Waals surface area contributed by atoms with Crippen LogP contribution >= 0.6 is 0 Å². The summed E-state index contributed by atoms with van der Waals surface area (Å²) in [4.78, 5) is 0. The second-order valence-electron chi connectivity index (χ2n) is 4.97. The van der Waals surface area contributed by atoms with Crippen molar-refractivity contribution in [3.63, 3.8) is 0 Å². The topological polar surface area (TPSA) is 26.0 Å². The van der Waals surface area contributed by atoms with Crippen LogP contribution in [0, 0.1) is 6.92 Å². The molecule has 1 aromatic rings. The number of halogens is 2. The molecular formula is C14H21F2N. The molecule has 1 nitrogen and oxygen atoms in total. The van der Waals surface area contributed by atoms with Crippen molar-refractivity contribution >= 4 is 0 Å². The monoisotopic (exact) mass is 241 g/mol. The van der Waals surface area contributed by atoms with Crippen LogP contribution in [0.4, 0.5) is 8.78 Å². The van der Waals surface area contributed by atoms with E-state index in [0.717, 1.165) is 37.3 Å². The van der Waals surface area contributed by atoms with E-state index in [9.17, 15) is 8.78 Å². The molecule has 0 bridgehead atoms. The lowest BCUT2D eigenvalue weighted by molar-refractivity contribution is 0.0173. The lowest BCUT2D eigenvalue weighted by Crippen LogP contribution is -2.14. The first-order chi connectivity index (χ1) is 7.79. The summed E-state index contributed by atoms with van der Waals surface area (Å²) in [6.45, 7) is 4.75. The van der Waals surface area contributed by atoms with Crippen molar-refractivity contribution in [1.29, 1.82) is 0 Å². The predicted molar refractivity (Wildman–Crippen MR) is 67.3 cm³/mol. The van der Waals surface area contributed by atoms with Crippen molar-refractivity contribution in [2.45, 2.75) is 52.0 Å². The maximum absolute atomic E-state index is 13.2. The Balaban J connectivity index is 2.76. The number of hydrogen-bond acceptors (Lipinski definition) is 1. The van der Waals surface area contributed by atoms with E-state index >= 15 is 0 Å². The van der Waals surface area contributed by atoms with E-state index in [2.05, 4.69) is 0 Å². The fourth-order valence-corrected chi connectivity index (χ4v) is 1.89. The predicted octanol–water partition coefficient (Wildman–Crippen LogP) is 3.78. The molecule has 3 heteroatoms. The van der Waals surface area contributed by atoms with Crippen molar-refractivity contribution in [1.82, 2.24) is 0 Å². The van der Waals surface area contributed by atoms with Gasteiger partial charge in [0.05, 0.1) is 0 Å². The molecule has 1 atom stereocenters. The number of aryl methyl sites for hydroxylation is 2. The van der Waals surface area contributed by atoms with Gasteiger partial charge in [0.2, 0.25) is 0 Å². The number of hydrogen-bond donors (Lipinski definition) is 1. The minimum atomic E-state index is -2.76. The van der Waals surface area contributed by atoms with E-state index in [1.54, 1.807) is 12.1 Å². The highest BCUT2D eigenvalue weighted by atomic mass is 19.3. The van der Waals surface area contributed by atoms with Gasteiger partial charge in [0.1, 0.15) is 0 Å².